The van der Waals surface area contributed by atoms with Gasteiger partial charge in [0.25, 0.3) is 0 Å². The highest BCUT2D eigenvalue weighted by molar-refractivity contribution is 6.18. The molecule has 2 aromatic carbocycles. The van der Waals surface area contributed by atoms with Crippen LogP contribution in [0.2, 0.25) is 0 Å². The number of hydrogen-bond donors (Lipinski definition) is 3. The highest BCUT2D eigenvalue weighted by Crippen LogP contribution is 2.10. The summed E-state index contributed by atoms with van der Waals surface area (Å²) in [6.45, 7) is 5.69. The molecule has 0 radical (unpaired) electrons. The van der Waals surface area contributed by atoms with E-state index in [9.17, 15) is 14.4 Å². The molecule has 9 heteroatoms. The van der Waals surface area contributed by atoms with Crippen molar-refractivity contribution in [3.8, 4) is 0 Å². The molecule has 2 atom stereocenters. The lowest BCUT2D eigenvalue weighted by atomic mass is 10.1. The van der Waals surface area contributed by atoms with Crippen molar-refractivity contribution in [2.24, 2.45) is 0 Å². The molecule has 0 saturated heterocycles. The topological polar surface area (TPSA) is 106 Å². The maximum absolute atomic E-state index is 13.1. The number of hydrogen-bond acceptors (Lipinski definition) is 5. The van der Waals surface area contributed by atoms with Crippen molar-refractivity contribution < 1.29 is 23.9 Å². The molecule has 0 aliphatic carbocycles. The highest BCUT2D eigenvalue weighted by Gasteiger charge is 2.25. The van der Waals surface area contributed by atoms with E-state index in [1.165, 1.54) is 0 Å². The molecule has 202 valence electrons. The molecule has 0 aromatic heterocycles. The van der Waals surface area contributed by atoms with Gasteiger partial charge in [0, 0.05) is 18.5 Å². The molecule has 0 aliphatic rings. The first-order valence-electron chi connectivity index (χ1n) is 12.5. The van der Waals surface area contributed by atoms with Gasteiger partial charge in [-0.1, -0.05) is 60.7 Å². The van der Waals surface area contributed by atoms with Gasteiger partial charge in [-0.3, -0.25) is 4.79 Å². The zero-order valence-electron chi connectivity index (χ0n) is 21.8. The van der Waals surface area contributed by atoms with Crippen molar-refractivity contribution in [2.75, 3.05) is 12.4 Å². The number of aryl methyl sites for hydroxylation is 1. The first kappa shape index (κ1) is 30.0. The van der Waals surface area contributed by atoms with E-state index in [2.05, 4.69) is 16.0 Å². The van der Waals surface area contributed by atoms with Gasteiger partial charge >= 0.3 is 12.2 Å². The first-order chi connectivity index (χ1) is 17.7. The van der Waals surface area contributed by atoms with Gasteiger partial charge in [-0.05, 0) is 57.6 Å². The van der Waals surface area contributed by atoms with Crippen LogP contribution in [0.4, 0.5) is 9.59 Å². The van der Waals surface area contributed by atoms with E-state index >= 15 is 0 Å². The number of halogens is 1. The number of benzene rings is 2. The van der Waals surface area contributed by atoms with E-state index in [-0.39, 0.29) is 37.4 Å². The number of carbonyl (C=O) groups is 3. The van der Waals surface area contributed by atoms with Gasteiger partial charge in [-0.15, -0.1) is 11.6 Å². The van der Waals surface area contributed by atoms with E-state index in [1.807, 2.05) is 60.7 Å². The molecule has 0 saturated carbocycles. The third-order valence-electron chi connectivity index (χ3n) is 5.32. The molecule has 8 nitrogen and oxygen atoms in total. The predicted octanol–water partition coefficient (Wildman–Crippen LogP) is 4.94. The molecular formula is C28H38ClN3O5. The van der Waals surface area contributed by atoms with Gasteiger partial charge in [0.2, 0.25) is 5.91 Å². The fraction of sp³-hybridized carbons (Fsp3) is 0.464. The fourth-order valence-corrected chi connectivity index (χ4v) is 3.70. The Morgan fingerprint density at radius 3 is 2.08 bits per heavy atom. The lowest BCUT2D eigenvalue weighted by molar-refractivity contribution is -0.124. The molecule has 3 amide bonds. The third-order valence-corrected chi connectivity index (χ3v) is 5.69. The summed E-state index contributed by atoms with van der Waals surface area (Å²) >= 11 is 6.12. The molecule has 2 rings (SSSR count). The van der Waals surface area contributed by atoms with Crippen molar-refractivity contribution in [3.05, 3.63) is 71.8 Å². The number of alkyl carbamates (subject to hydrolysis) is 2. The number of ether oxygens (including phenoxy) is 2. The van der Waals surface area contributed by atoms with Crippen LogP contribution in [0.1, 0.15) is 51.2 Å². The van der Waals surface area contributed by atoms with Crippen molar-refractivity contribution in [3.63, 3.8) is 0 Å². The van der Waals surface area contributed by atoms with Crippen molar-refractivity contribution in [2.45, 2.75) is 70.7 Å². The van der Waals surface area contributed by atoms with E-state index < -0.39 is 23.8 Å². The minimum atomic E-state index is -0.848. The predicted molar refractivity (Wildman–Crippen MR) is 144 cm³/mol. The lowest BCUT2D eigenvalue weighted by Gasteiger charge is -2.25. The summed E-state index contributed by atoms with van der Waals surface area (Å²) in [6, 6.07) is 18.2. The van der Waals surface area contributed by atoms with Crippen LogP contribution in [0.5, 0.6) is 0 Å². The van der Waals surface area contributed by atoms with E-state index in [0.29, 0.717) is 12.8 Å². The zero-order valence-corrected chi connectivity index (χ0v) is 22.6. The number of amides is 3. The normalized spacial score (nSPS) is 12.6. The van der Waals surface area contributed by atoms with Crippen LogP contribution in [0, 0.1) is 0 Å². The van der Waals surface area contributed by atoms with Gasteiger partial charge < -0.3 is 25.4 Å². The molecule has 0 fully saturated rings. The summed E-state index contributed by atoms with van der Waals surface area (Å²) in [7, 11) is 0. The Morgan fingerprint density at radius 1 is 0.865 bits per heavy atom. The highest BCUT2D eigenvalue weighted by atomic mass is 35.5. The number of nitrogens with one attached hydrogen (secondary N) is 3. The number of alkyl halides is 1. The summed E-state index contributed by atoms with van der Waals surface area (Å²) in [5, 5.41) is 8.26. The number of carbonyl (C=O) groups excluding carboxylic acids is 3. The maximum atomic E-state index is 13.1. The summed E-state index contributed by atoms with van der Waals surface area (Å²) < 4.78 is 10.5. The van der Waals surface area contributed by atoms with Crippen molar-refractivity contribution >= 4 is 29.7 Å². The van der Waals surface area contributed by atoms with Gasteiger partial charge in [-0.2, -0.15) is 0 Å². The minimum Gasteiger partial charge on any atom is -0.445 e. The van der Waals surface area contributed by atoms with Gasteiger partial charge in [0.05, 0.1) is 0 Å². The number of rotatable bonds is 13. The van der Waals surface area contributed by atoms with E-state index in [1.54, 1.807) is 20.8 Å². The fourth-order valence-electron chi connectivity index (χ4n) is 3.46. The monoisotopic (exact) mass is 531 g/mol. The molecular weight excluding hydrogens is 494 g/mol. The van der Waals surface area contributed by atoms with E-state index in [0.717, 1.165) is 17.5 Å². The van der Waals surface area contributed by atoms with Crippen LogP contribution in [0.3, 0.4) is 0 Å². The second-order valence-corrected chi connectivity index (χ2v) is 10.0. The molecule has 37 heavy (non-hydrogen) atoms. The maximum Gasteiger partial charge on any atom is 0.408 e. The van der Waals surface area contributed by atoms with Crippen LogP contribution in [-0.2, 0) is 27.3 Å². The molecule has 0 spiro atoms. The minimum absolute atomic E-state index is 0.167. The average Bonchev–Trinajstić information content (AvgIpc) is 2.87. The Labute approximate surface area is 224 Å². The van der Waals surface area contributed by atoms with Crippen LogP contribution in [-0.4, -0.2) is 48.2 Å². The summed E-state index contributed by atoms with van der Waals surface area (Å²) in [6.07, 6.45) is 0.912. The van der Waals surface area contributed by atoms with Gasteiger partial charge in [0.1, 0.15) is 18.2 Å². The molecule has 0 heterocycles. The van der Waals surface area contributed by atoms with E-state index in [4.69, 9.17) is 21.1 Å². The molecule has 2 aromatic rings. The molecule has 0 bridgehead atoms. The second kappa shape index (κ2) is 15.8. The van der Waals surface area contributed by atoms with Crippen molar-refractivity contribution in [1.29, 1.82) is 0 Å². The summed E-state index contributed by atoms with van der Waals surface area (Å²) in [5.74, 6) is -0.108. The van der Waals surface area contributed by atoms with Crippen molar-refractivity contribution in [1.82, 2.24) is 16.0 Å². The first-order valence-corrected chi connectivity index (χ1v) is 13.0. The third kappa shape index (κ3) is 13.0. The molecule has 1 unspecified atom stereocenters. The molecule has 0 aliphatic heterocycles. The smallest absolute Gasteiger partial charge is 0.408 e. The van der Waals surface area contributed by atoms with Gasteiger partial charge in [-0.25, -0.2) is 9.59 Å². The lowest BCUT2D eigenvalue weighted by Crippen LogP contribution is -2.51. The Kier molecular flexibility index (Phi) is 12.8. The van der Waals surface area contributed by atoms with Gasteiger partial charge in [0.15, 0.2) is 0 Å². The average molecular weight is 532 g/mol. The Morgan fingerprint density at radius 2 is 1.49 bits per heavy atom. The van der Waals surface area contributed by atoms with Crippen LogP contribution in [0.25, 0.3) is 0 Å². The second-order valence-electron chi connectivity index (χ2n) is 9.71. The Balaban J connectivity index is 1.86. The largest absolute Gasteiger partial charge is 0.445 e. The summed E-state index contributed by atoms with van der Waals surface area (Å²) in [4.78, 5) is 37.4. The Bertz CT molecular complexity index is 967. The van der Waals surface area contributed by atoms with Crippen LogP contribution in [0.15, 0.2) is 60.7 Å². The van der Waals surface area contributed by atoms with Crippen LogP contribution >= 0.6 is 11.6 Å². The Hall–Kier alpha value is -3.26. The quantitative estimate of drug-likeness (QED) is 0.251. The standard InChI is InChI=1S/C28H38ClN3O5/c1-28(2,3)37-27(35)32-24(15-10-18-30-26(34)36-20-22-13-8-5-9-14-22)25(33)31-23(19-29)17-16-21-11-6-4-7-12-21/h4-9,11-14,23-24H,10,15-20H2,1-3H3,(H,30,34)(H,31,33)(H,32,35)/t23?,24-/m0/s1. The summed E-state index contributed by atoms with van der Waals surface area (Å²) in [5.41, 5.74) is 1.33. The molecule has 3 N–H and O–H groups in total. The zero-order chi connectivity index (χ0) is 27.1. The SMILES string of the molecule is CC(C)(C)OC(=O)N[C@@H](CCCNC(=O)OCc1ccccc1)C(=O)NC(CCl)CCc1ccccc1. The van der Waals surface area contributed by atoms with Crippen LogP contribution < -0.4 is 16.0 Å².